The molecule has 0 bridgehead atoms. The van der Waals surface area contributed by atoms with E-state index >= 15 is 0 Å². The zero-order chi connectivity index (χ0) is 21.7. The maximum atomic E-state index is 12.1. The van der Waals surface area contributed by atoms with Gasteiger partial charge in [-0.1, -0.05) is 12.1 Å². The third-order valence-electron chi connectivity index (χ3n) is 5.95. The summed E-state index contributed by atoms with van der Waals surface area (Å²) in [6.07, 6.45) is 5.73. The van der Waals surface area contributed by atoms with Gasteiger partial charge in [0.05, 0.1) is 28.5 Å². The van der Waals surface area contributed by atoms with E-state index in [0.717, 1.165) is 40.4 Å². The van der Waals surface area contributed by atoms with E-state index in [4.69, 9.17) is 11.0 Å². The number of anilines is 1. The van der Waals surface area contributed by atoms with Crippen molar-refractivity contribution in [2.24, 2.45) is 7.05 Å². The molecule has 31 heavy (non-hydrogen) atoms. The summed E-state index contributed by atoms with van der Waals surface area (Å²) in [5.74, 6) is -0.763. The fourth-order valence-electron chi connectivity index (χ4n) is 4.22. The minimum Gasteiger partial charge on any atom is -0.478 e. The summed E-state index contributed by atoms with van der Waals surface area (Å²) in [6, 6.07) is 15.4. The van der Waals surface area contributed by atoms with E-state index in [1.807, 2.05) is 48.1 Å². The highest BCUT2D eigenvalue weighted by atomic mass is 16.4. The number of fused-ring (bicyclic) bond motifs is 1. The molecule has 0 unspecified atom stereocenters. The average Bonchev–Trinajstić information content (AvgIpc) is 3.55. The molecule has 3 N–H and O–H groups in total. The summed E-state index contributed by atoms with van der Waals surface area (Å²) in [5.41, 5.74) is 12.1. The molecule has 0 aliphatic heterocycles. The van der Waals surface area contributed by atoms with E-state index in [0.29, 0.717) is 28.4 Å². The highest BCUT2D eigenvalue weighted by Gasteiger charge is 2.30. The van der Waals surface area contributed by atoms with Crippen molar-refractivity contribution in [1.82, 2.24) is 9.55 Å². The van der Waals surface area contributed by atoms with Crippen LogP contribution in [0.3, 0.4) is 0 Å². The van der Waals surface area contributed by atoms with Gasteiger partial charge in [-0.3, -0.25) is 4.98 Å². The third-order valence-corrected chi connectivity index (χ3v) is 5.95. The number of rotatable bonds is 4. The molecule has 0 atom stereocenters. The van der Waals surface area contributed by atoms with Crippen molar-refractivity contribution in [2.45, 2.75) is 18.8 Å². The highest BCUT2D eigenvalue weighted by molar-refractivity contribution is 6.04. The molecule has 1 fully saturated rings. The lowest BCUT2D eigenvalue weighted by molar-refractivity contribution is 0.0698. The standard InChI is InChI=1S/C25H20N4O2/c1-29-9-8-17-10-18(11-19(24(17)29)15-4-2-14(12-26)3-5-15)23-21(25(30)31)22(27)20(13-28-23)16-6-7-16/h2-5,8-11,13,16H,6-7H2,1H3,(H2,27,28)(H,30,31). The van der Waals surface area contributed by atoms with Crippen LogP contribution in [0.2, 0.25) is 0 Å². The van der Waals surface area contributed by atoms with Crippen LogP contribution in [0, 0.1) is 11.3 Å². The van der Waals surface area contributed by atoms with Gasteiger partial charge in [0.15, 0.2) is 0 Å². The van der Waals surface area contributed by atoms with Crippen molar-refractivity contribution in [3.05, 3.63) is 71.5 Å². The molecule has 5 rings (SSSR count). The van der Waals surface area contributed by atoms with Crippen molar-refractivity contribution in [1.29, 1.82) is 5.26 Å². The van der Waals surface area contributed by atoms with Crippen molar-refractivity contribution in [2.75, 3.05) is 5.73 Å². The molecule has 6 heteroatoms. The number of nitrogens with zero attached hydrogens (tertiary/aromatic N) is 3. The van der Waals surface area contributed by atoms with E-state index in [-0.39, 0.29) is 5.56 Å². The summed E-state index contributed by atoms with van der Waals surface area (Å²) in [7, 11) is 1.97. The van der Waals surface area contributed by atoms with E-state index < -0.39 is 5.97 Å². The first-order valence-corrected chi connectivity index (χ1v) is 10.1. The SMILES string of the molecule is Cn1ccc2cc(-c3ncc(C4CC4)c(N)c3C(=O)O)cc(-c3ccc(C#N)cc3)c21. The summed E-state index contributed by atoms with van der Waals surface area (Å²) in [6.45, 7) is 0. The summed E-state index contributed by atoms with van der Waals surface area (Å²) >= 11 is 0. The molecule has 2 heterocycles. The molecule has 1 aliphatic carbocycles. The van der Waals surface area contributed by atoms with Gasteiger partial charge < -0.3 is 15.4 Å². The predicted molar refractivity (Wildman–Crippen MR) is 120 cm³/mol. The molecule has 1 aliphatic rings. The van der Waals surface area contributed by atoms with Crippen LogP contribution < -0.4 is 5.73 Å². The lowest BCUT2D eigenvalue weighted by Gasteiger charge is -2.14. The number of pyridine rings is 1. The van der Waals surface area contributed by atoms with Crippen LogP contribution in [-0.4, -0.2) is 20.6 Å². The molecule has 0 amide bonds. The minimum atomic E-state index is -1.07. The van der Waals surface area contributed by atoms with Crippen LogP contribution in [0.4, 0.5) is 5.69 Å². The molecule has 4 aromatic rings. The van der Waals surface area contributed by atoms with Gasteiger partial charge in [0.25, 0.3) is 0 Å². The van der Waals surface area contributed by atoms with E-state index in [1.165, 1.54) is 0 Å². The molecular weight excluding hydrogens is 388 g/mol. The third kappa shape index (κ3) is 3.11. The summed E-state index contributed by atoms with van der Waals surface area (Å²) in [4.78, 5) is 16.7. The molecule has 0 saturated heterocycles. The van der Waals surface area contributed by atoms with Crippen LogP contribution in [0.25, 0.3) is 33.3 Å². The zero-order valence-electron chi connectivity index (χ0n) is 17.0. The van der Waals surface area contributed by atoms with E-state index in [1.54, 1.807) is 18.3 Å². The first-order chi connectivity index (χ1) is 15.0. The summed E-state index contributed by atoms with van der Waals surface area (Å²) in [5, 5.41) is 20.0. The predicted octanol–water partition coefficient (Wildman–Crippen LogP) is 4.94. The number of benzene rings is 2. The molecule has 2 aromatic heterocycles. The first-order valence-electron chi connectivity index (χ1n) is 10.1. The number of aryl methyl sites for hydroxylation is 1. The van der Waals surface area contributed by atoms with Crippen molar-refractivity contribution < 1.29 is 9.90 Å². The van der Waals surface area contributed by atoms with Crippen LogP contribution in [-0.2, 0) is 7.05 Å². The van der Waals surface area contributed by atoms with Crippen molar-refractivity contribution in [3.63, 3.8) is 0 Å². The Hall–Kier alpha value is -4.11. The van der Waals surface area contributed by atoms with Crippen LogP contribution in [0.5, 0.6) is 0 Å². The molecule has 0 radical (unpaired) electrons. The van der Waals surface area contributed by atoms with Gasteiger partial charge in [-0.05, 0) is 60.2 Å². The van der Waals surface area contributed by atoms with Crippen molar-refractivity contribution in [3.8, 4) is 28.5 Å². The Morgan fingerprint density at radius 1 is 1.19 bits per heavy atom. The number of hydrogen-bond acceptors (Lipinski definition) is 4. The Morgan fingerprint density at radius 2 is 1.94 bits per heavy atom. The number of hydrogen-bond donors (Lipinski definition) is 2. The highest BCUT2D eigenvalue weighted by Crippen LogP contribution is 2.45. The van der Waals surface area contributed by atoms with Gasteiger partial charge >= 0.3 is 5.97 Å². The monoisotopic (exact) mass is 408 g/mol. The topological polar surface area (TPSA) is 105 Å². The van der Waals surface area contributed by atoms with E-state index in [2.05, 4.69) is 11.1 Å². The van der Waals surface area contributed by atoms with Gasteiger partial charge in [0.1, 0.15) is 5.56 Å². The van der Waals surface area contributed by atoms with Crippen LogP contribution >= 0.6 is 0 Å². The fourth-order valence-corrected chi connectivity index (χ4v) is 4.22. The number of aromatic carboxylic acids is 1. The van der Waals surface area contributed by atoms with Gasteiger partial charge in [0, 0.05) is 36.0 Å². The molecule has 2 aromatic carbocycles. The Labute approximate surface area is 179 Å². The zero-order valence-corrected chi connectivity index (χ0v) is 17.0. The maximum absolute atomic E-state index is 12.1. The Kier molecular flexibility index (Phi) is 4.26. The normalized spacial score (nSPS) is 13.3. The lowest BCUT2D eigenvalue weighted by Crippen LogP contribution is -2.09. The second kappa shape index (κ2) is 6.99. The van der Waals surface area contributed by atoms with Crippen LogP contribution in [0.15, 0.2) is 54.9 Å². The number of carboxylic acids is 1. The number of carbonyl (C=O) groups is 1. The van der Waals surface area contributed by atoms with E-state index in [9.17, 15) is 9.90 Å². The largest absolute Gasteiger partial charge is 0.478 e. The van der Waals surface area contributed by atoms with Crippen molar-refractivity contribution >= 4 is 22.6 Å². The second-order valence-electron chi connectivity index (χ2n) is 8.01. The Morgan fingerprint density at radius 3 is 2.58 bits per heavy atom. The van der Waals surface area contributed by atoms with Gasteiger partial charge in [0.2, 0.25) is 0 Å². The molecule has 0 spiro atoms. The van der Waals surface area contributed by atoms with Gasteiger partial charge in [-0.25, -0.2) is 4.79 Å². The smallest absolute Gasteiger partial charge is 0.340 e. The number of nitrogens with two attached hydrogens (primary N) is 1. The molecule has 152 valence electrons. The number of aromatic nitrogens is 2. The second-order valence-corrected chi connectivity index (χ2v) is 8.01. The Balaban J connectivity index is 1.76. The summed E-state index contributed by atoms with van der Waals surface area (Å²) < 4.78 is 2.03. The number of nitriles is 1. The fraction of sp³-hybridized carbons (Fsp3) is 0.160. The number of carboxylic acid groups (broad SMARTS) is 1. The number of nitrogen functional groups attached to an aromatic ring is 1. The quantitative estimate of drug-likeness (QED) is 0.498. The maximum Gasteiger partial charge on any atom is 0.340 e. The average molecular weight is 408 g/mol. The Bertz CT molecular complexity index is 1390. The molecule has 1 saturated carbocycles. The molecule has 6 nitrogen and oxygen atoms in total. The molecular formula is C25H20N4O2. The minimum absolute atomic E-state index is 0.0606. The lowest BCUT2D eigenvalue weighted by atomic mass is 9.94. The first kappa shape index (κ1) is 18.9. The van der Waals surface area contributed by atoms with Gasteiger partial charge in [-0.15, -0.1) is 0 Å². The van der Waals surface area contributed by atoms with Gasteiger partial charge in [-0.2, -0.15) is 5.26 Å². The van der Waals surface area contributed by atoms with Crippen LogP contribution in [0.1, 0.15) is 40.2 Å².